The van der Waals surface area contributed by atoms with Gasteiger partial charge in [0.1, 0.15) is 0 Å². The molecule has 1 aromatic carbocycles. The highest BCUT2D eigenvalue weighted by atomic mass is 79.9. The number of aliphatic hydroxyl groups excluding tert-OH is 1. The molecular formula is C15H20BrNO3. The number of aliphatic hydroxyl groups is 1. The predicted molar refractivity (Wildman–Crippen MR) is 80.7 cm³/mol. The van der Waals surface area contributed by atoms with E-state index in [0.717, 1.165) is 10.0 Å². The van der Waals surface area contributed by atoms with Crippen molar-refractivity contribution >= 4 is 22.0 Å². The number of rotatable bonds is 2. The number of hydrogen-bond donors (Lipinski definition) is 2. The smallest absolute Gasteiger partial charge is 0.408 e. The summed E-state index contributed by atoms with van der Waals surface area (Å²) < 4.78 is 0.953. The first-order valence-electron chi connectivity index (χ1n) is 6.64. The quantitative estimate of drug-likeness (QED) is 0.864. The Morgan fingerprint density at radius 2 is 1.80 bits per heavy atom. The highest BCUT2D eigenvalue weighted by Gasteiger charge is 2.54. The fraction of sp³-hybridized carbons (Fsp3) is 0.533. The monoisotopic (exact) mass is 341 g/mol. The molecule has 5 heteroatoms. The number of halogens is 1. The summed E-state index contributed by atoms with van der Waals surface area (Å²) in [5.74, 6) is 0. The van der Waals surface area contributed by atoms with Crippen LogP contribution in [0.5, 0.6) is 0 Å². The lowest BCUT2D eigenvalue weighted by molar-refractivity contribution is -0.0973. The molecule has 4 nitrogen and oxygen atoms in total. The van der Waals surface area contributed by atoms with Crippen molar-refractivity contribution in [2.75, 3.05) is 0 Å². The van der Waals surface area contributed by atoms with Gasteiger partial charge in [-0.1, -0.05) is 28.1 Å². The third kappa shape index (κ3) is 2.56. The molecule has 1 saturated carbocycles. The molecule has 1 aliphatic rings. The second-order valence-corrected chi connectivity index (χ2v) is 7.31. The van der Waals surface area contributed by atoms with Crippen molar-refractivity contribution in [3.05, 3.63) is 34.3 Å². The van der Waals surface area contributed by atoms with Gasteiger partial charge >= 0.3 is 6.09 Å². The lowest BCUT2D eigenvalue weighted by Crippen LogP contribution is -2.64. The Bertz CT molecular complexity index is 501. The van der Waals surface area contributed by atoms with Gasteiger partial charge in [-0.15, -0.1) is 0 Å². The molecule has 20 heavy (non-hydrogen) atoms. The predicted octanol–water partition coefficient (Wildman–Crippen LogP) is 3.58. The molecule has 0 aromatic heterocycles. The first-order chi connectivity index (χ1) is 9.17. The van der Waals surface area contributed by atoms with Gasteiger partial charge in [-0.25, -0.2) is 4.79 Å². The summed E-state index contributed by atoms with van der Waals surface area (Å²) in [6.45, 7) is 5.64. The van der Waals surface area contributed by atoms with Crippen LogP contribution in [-0.2, 0) is 5.54 Å². The van der Waals surface area contributed by atoms with E-state index < -0.39 is 23.3 Å². The van der Waals surface area contributed by atoms with E-state index in [2.05, 4.69) is 15.9 Å². The number of carbonyl (C=O) groups is 1. The van der Waals surface area contributed by atoms with Crippen molar-refractivity contribution in [1.82, 2.24) is 4.90 Å². The molecule has 0 aliphatic heterocycles. The van der Waals surface area contributed by atoms with Gasteiger partial charge in [-0.05, 0) is 38.5 Å². The molecule has 1 aromatic rings. The number of benzene rings is 1. The Morgan fingerprint density at radius 3 is 2.15 bits per heavy atom. The first-order valence-corrected chi connectivity index (χ1v) is 7.43. The number of nitrogens with zero attached hydrogens (tertiary/aromatic N) is 1. The fourth-order valence-electron chi connectivity index (χ4n) is 3.14. The van der Waals surface area contributed by atoms with Crippen LogP contribution in [0.4, 0.5) is 4.79 Å². The number of carboxylic acid groups (broad SMARTS) is 1. The van der Waals surface area contributed by atoms with Gasteiger partial charge in [-0.3, -0.25) is 4.90 Å². The molecule has 2 rings (SSSR count). The van der Waals surface area contributed by atoms with E-state index in [9.17, 15) is 15.0 Å². The Balaban J connectivity index is 2.49. The summed E-state index contributed by atoms with van der Waals surface area (Å²) in [5.41, 5.74) is -0.230. The minimum absolute atomic E-state index is 0.442. The normalized spacial score (nSPS) is 25.9. The molecule has 110 valence electrons. The summed E-state index contributed by atoms with van der Waals surface area (Å²) >= 11 is 3.39. The van der Waals surface area contributed by atoms with Crippen molar-refractivity contribution in [1.29, 1.82) is 0 Å². The number of amides is 1. The molecule has 0 radical (unpaired) electrons. The van der Waals surface area contributed by atoms with Crippen LogP contribution < -0.4 is 0 Å². The molecule has 1 amide bonds. The zero-order valence-corrected chi connectivity index (χ0v) is 13.5. The number of hydrogen-bond acceptors (Lipinski definition) is 2. The molecule has 1 fully saturated rings. The van der Waals surface area contributed by atoms with Crippen LogP contribution in [-0.4, -0.2) is 32.8 Å². The average molecular weight is 342 g/mol. The maximum atomic E-state index is 11.8. The largest absolute Gasteiger partial charge is 0.465 e. The standard InChI is InChI=1S/C15H20BrNO3/c1-14(2,3)17(13(19)20)15(8-12(18)9-15)10-4-6-11(16)7-5-10/h4-7,12,18H,8-9H2,1-3H3,(H,19,20)/t12-,15+. The van der Waals surface area contributed by atoms with E-state index in [1.807, 2.05) is 45.0 Å². The van der Waals surface area contributed by atoms with E-state index >= 15 is 0 Å². The van der Waals surface area contributed by atoms with Crippen LogP contribution in [0.2, 0.25) is 0 Å². The van der Waals surface area contributed by atoms with Gasteiger partial charge in [0.2, 0.25) is 0 Å². The summed E-state index contributed by atoms with van der Waals surface area (Å²) in [4.78, 5) is 13.2. The van der Waals surface area contributed by atoms with Crippen LogP contribution in [0.1, 0.15) is 39.2 Å². The van der Waals surface area contributed by atoms with E-state index in [-0.39, 0.29) is 0 Å². The van der Waals surface area contributed by atoms with Gasteiger partial charge in [-0.2, -0.15) is 0 Å². The third-order valence-electron chi connectivity index (χ3n) is 3.82. The average Bonchev–Trinajstić information content (AvgIpc) is 2.24. The Morgan fingerprint density at radius 1 is 1.30 bits per heavy atom. The SMILES string of the molecule is CC(C)(C)N(C(=O)O)[C@]1(c2ccc(Br)cc2)C[C@H](O)C1. The Kier molecular flexibility index (Phi) is 3.86. The molecule has 0 bridgehead atoms. The lowest BCUT2D eigenvalue weighted by Gasteiger charge is -2.56. The Labute approximate surface area is 127 Å². The van der Waals surface area contributed by atoms with Crippen LogP contribution in [0.25, 0.3) is 0 Å². The topological polar surface area (TPSA) is 60.8 Å². The van der Waals surface area contributed by atoms with Crippen molar-refractivity contribution in [3.63, 3.8) is 0 Å². The zero-order valence-electron chi connectivity index (χ0n) is 11.9. The lowest BCUT2D eigenvalue weighted by atomic mass is 9.67. The molecule has 0 heterocycles. The van der Waals surface area contributed by atoms with Gasteiger partial charge in [0, 0.05) is 22.9 Å². The third-order valence-corrected chi connectivity index (χ3v) is 4.35. The maximum Gasteiger partial charge on any atom is 0.408 e. The second-order valence-electron chi connectivity index (χ2n) is 6.39. The van der Waals surface area contributed by atoms with Gasteiger partial charge < -0.3 is 10.2 Å². The van der Waals surface area contributed by atoms with Crippen LogP contribution in [0.15, 0.2) is 28.7 Å². The van der Waals surface area contributed by atoms with E-state index in [1.165, 1.54) is 4.90 Å². The minimum Gasteiger partial charge on any atom is -0.465 e. The van der Waals surface area contributed by atoms with Gasteiger partial charge in [0.15, 0.2) is 0 Å². The minimum atomic E-state index is -0.952. The van der Waals surface area contributed by atoms with Crippen LogP contribution in [0, 0.1) is 0 Å². The van der Waals surface area contributed by atoms with Crippen molar-refractivity contribution in [2.45, 2.75) is 50.8 Å². The summed E-state index contributed by atoms with van der Waals surface area (Å²) in [6.07, 6.45) is -0.508. The molecule has 0 saturated heterocycles. The molecule has 0 atom stereocenters. The summed E-state index contributed by atoms with van der Waals surface area (Å²) in [7, 11) is 0. The van der Waals surface area contributed by atoms with E-state index in [1.54, 1.807) is 0 Å². The van der Waals surface area contributed by atoms with Crippen LogP contribution >= 0.6 is 15.9 Å². The zero-order chi connectivity index (χ0) is 15.1. The Hall–Kier alpha value is -1.07. The van der Waals surface area contributed by atoms with E-state index in [4.69, 9.17) is 0 Å². The van der Waals surface area contributed by atoms with Crippen molar-refractivity contribution in [2.24, 2.45) is 0 Å². The van der Waals surface area contributed by atoms with E-state index in [0.29, 0.717) is 12.8 Å². The summed E-state index contributed by atoms with van der Waals surface area (Å²) in [6, 6.07) is 7.67. The molecule has 0 unspecified atom stereocenters. The summed E-state index contributed by atoms with van der Waals surface area (Å²) in [5, 5.41) is 19.4. The highest BCUT2D eigenvalue weighted by molar-refractivity contribution is 9.10. The second kappa shape index (κ2) is 5.04. The maximum absolute atomic E-state index is 11.8. The molecular weight excluding hydrogens is 322 g/mol. The molecule has 2 N–H and O–H groups in total. The van der Waals surface area contributed by atoms with Crippen molar-refractivity contribution in [3.8, 4) is 0 Å². The first kappa shape index (κ1) is 15.3. The molecule has 0 spiro atoms. The van der Waals surface area contributed by atoms with Crippen LogP contribution in [0.3, 0.4) is 0 Å². The molecule has 1 aliphatic carbocycles. The van der Waals surface area contributed by atoms with Gasteiger partial charge in [0.05, 0.1) is 11.6 Å². The van der Waals surface area contributed by atoms with Gasteiger partial charge in [0.25, 0.3) is 0 Å². The highest BCUT2D eigenvalue weighted by Crippen LogP contribution is 2.49. The van der Waals surface area contributed by atoms with Crippen molar-refractivity contribution < 1.29 is 15.0 Å². The fourth-order valence-corrected chi connectivity index (χ4v) is 3.40.